The molecular formula is C15H16Cl2N2. The first kappa shape index (κ1) is 14.0. The van der Waals surface area contributed by atoms with Gasteiger partial charge >= 0.3 is 0 Å². The van der Waals surface area contributed by atoms with Crippen molar-refractivity contribution >= 4 is 34.6 Å². The van der Waals surface area contributed by atoms with Crippen LogP contribution in [0.2, 0.25) is 10.0 Å². The number of rotatable bonds is 4. The molecule has 2 rings (SSSR count). The molecule has 0 aliphatic heterocycles. The van der Waals surface area contributed by atoms with Crippen LogP contribution >= 0.6 is 23.2 Å². The van der Waals surface area contributed by atoms with Gasteiger partial charge in [0.05, 0.1) is 0 Å². The number of hydrogen-bond acceptors (Lipinski definition) is 2. The van der Waals surface area contributed by atoms with Crippen LogP contribution < -0.4 is 10.6 Å². The lowest BCUT2D eigenvalue weighted by Crippen LogP contribution is -1.95. The molecule has 19 heavy (non-hydrogen) atoms. The molecule has 2 aromatic rings. The van der Waals surface area contributed by atoms with Crippen LogP contribution in [0.3, 0.4) is 0 Å². The maximum absolute atomic E-state index is 6.27. The van der Waals surface area contributed by atoms with Gasteiger partial charge in [0, 0.05) is 41.9 Å². The van der Waals surface area contributed by atoms with E-state index in [-0.39, 0.29) is 0 Å². The molecule has 0 aliphatic rings. The van der Waals surface area contributed by atoms with E-state index in [2.05, 4.69) is 10.6 Å². The van der Waals surface area contributed by atoms with Gasteiger partial charge < -0.3 is 10.6 Å². The Morgan fingerprint density at radius 2 is 1.21 bits per heavy atom. The molecule has 100 valence electrons. The van der Waals surface area contributed by atoms with Crippen molar-refractivity contribution in [3.8, 4) is 0 Å². The van der Waals surface area contributed by atoms with Crippen LogP contribution in [0.15, 0.2) is 36.4 Å². The molecule has 0 amide bonds. The zero-order valence-electron chi connectivity index (χ0n) is 10.9. The summed E-state index contributed by atoms with van der Waals surface area (Å²) in [6.07, 6.45) is 0.728. The standard InChI is InChI=1S/C15H16Cl2N2/c1-18-12-5-3-10(14(16)8-12)7-11-4-6-13(19-2)9-15(11)17/h3-6,8-9,18-19H,7H2,1-2H3. The Hall–Kier alpha value is -1.38. The van der Waals surface area contributed by atoms with E-state index < -0.39 is 0 Å². The Labute approximate surface area is 123 Å². The largest absolute Gasteiger partial charge is 0.388 e. The van der Waals surface area contributed by atoms with Gasteiger partial charge in [-0.25, -0.2) is 0 Å². The van der Waals surface area contributed by atoms with Crippen molar-refractivity contribution in [1.29, 1.82) is 0 Å². The van der Waals surface area contributed by atoms with Crippen LogP contribution in [0.25, 0.3) is 0 Å². The molecule has 0 saturated heterocycles. The molecule has 0 bridgehead atoms. The molecule has 2 N–H and O–H groups in total. The average molecular weight is 295 g/mol. The Kier molecular flexibility index (Phi) is 4.56. The van der Waals surface area contributed by atoms with E-state index in [0.29, 0.717) is 0 Å². The molecule has 0 unspecified atom stereocenters. The maximum Gasteiger partial charge on any atom is 0.0461 e. The van der Waals surface area contributed by atoms with Gasteiger partial charge in [-0.15, -0.1) is 0 Å². The van der Waals surface area contributed by atoms with Crippen molar-refractivity contribution in [3.05, 3.63) is 57.6 Å². The highest BCUT2D eigenvalue weighted by molar-refractivity contribution is 6.32. The predicted molar refractivity (Wildman–Crippen MR) is 84.8 cm³/mol. The number of anilines is 2. The van der Waals surface area contributed by atoms with Crippen molar-refractivity contribution in [1.82, 2.24) is 0 Å². The second-order valence-corrected chi connectivity index (χ2v) is 5.10. The summed E-state index contributed by atoms with van der Waals surface area (Å²) < 4.78 is 0. The topological polar surface area (TPSA) is 24.1 Å². The van der Waals surface area contributed by atoms with Crippen molar-refractivity contribution in [2.45, 2.75) is 6.42 Å². The molecule has 0 aromatic heterocycles. The summed E-state index contributed by atoms with van der Waals surface area (Å²) in [5, 5.41) is 7.63. The first-order chi connectivity index (χ1) is 9.13. The maximum atomic E-state index is 6.27. The van der Waals surface area contributed by atoms with Crippen molar-refractivity contribution < 1.29 is 0 Å². The summed E-state index contributed by atoms with van der Waals surface area (Å²) in [5.74, 6) is 0. The molecule has 2 nitrogen and oxygen atoms in total. The molecule has 0 saturated carbocycles. The van der Waals surface area contributed by atoms with E-state index >= 15 is 0 Å². The fraction of sp³-hybridized carbons (Fsp3) is 0.200. The van der Waals surface area contributed by atoms with Crippen LogP contribution in [0.1, 0.15) is 11.1 Å². The predicted octanol–water partition coefficient (Wildman–Crippen LogP) is 4.67. The molecule has 0 atom stereocenters. The zero-order chi connectivity index (χ0) is 13.8. The molecular weight excluding hydrogens is 279 g/mol. The van der Waals surface area contributed by atoms with Gasteiger partial charge in [0.25, 0.3) is 0 Å². The second kappa shape index (κ2) is 6.18. The smallest absolute Gasteiger partial charge is 0.0461 e. The van der Waals surface area contributed by atoms with Crippen LogP contribution in [0.5, 0.6) is 0 Å². The van der Waals surface area contributed by atoms with Crippen molar-refractivity contribution in [3.63, 3.8) is 0 Å². The van der Waals surface area contributed by atoms with Crippen LogP contribution in [-0.4, -0.2) is 14.1 Å². The van der Waals surface area contributed by atoms with Crippen molar-refractivity contribution in [2.24, 2.45) is 0 Å². The fourth-order valence-electron chi connectivity index (χ4n) is 1.90. The lowest BCUT2D eigenvalue weighted by molar-refractivity contribution is 1.19. The Balaban J connectivity index is 2.26. The van der Waals surface area contributed by atoms with Gasteiger partial charge in [0.2, 0.25) is 0 Å². The average Bonchev–Trinajstić information content (AvgIpc) is 2.42. The van der Waals surface area contributed by atoms with E-state index in [0.717, 1.165) is 39.0 Å². The van der Waals surface area contributed by atoms with E-state index in [4.69, 9.17) is 23.2 Å². The normalized spacial score (nSPS) is 10.3. The lowest BCUT2D eigenvalue weighted by atomic mass is 10.0. The number of halogens is 2. The highest BCUT2D eigenvalue weighted by atomic mass is 35.5. The third-order valence-electron chi connectivity index (χ3n) is 3.06. The molecule has 2 aromatic carbocycles. The van der Waals surface area contributed by atoms with Crippen molar-refractivity contribution in [2.75, 3.05) is 24.7 Å². The molecule has 0 fully saturated rings. The summed E-state index contributed by atoms with van der Waals surface area (Å²) >= 11 is 12.5. The summed E-state index contributed by atoms with van der Waals surface area (Å²) in [7, 11) is 3.75. The molecule has 0 spiro atoms. The summed E-state index contributed by atoms with van der Waals surface area (Å²) in [6, 6.07) is 11.9. The number of hydrogen-bond donors (Lipinski definition) is 2. The quantitative estimate of drug-likeness (QED) is 0.856. The van der Waals surface area contributed by atoms with Crippen LogP contribution in [0, 0.1) is 0 Å². The summed E-state index contributed by atoms with van der Waals surface area (Å²) in [4.78, 5) is 0. The molecule has 0 aliphatic carbocycles. The second-order valence-electron chi connectivity index (χ2n) is 4.29. The summed E-state index contributed by atoms with van der Waals surface area (Å²) in [6.45, 7) is 0. The highest BCUT2D eigenvalue weighted by Crippen LogP contribution is 2.27. The van der Waals surface area contributed by atoms with Gasteiger partial charge in [-0.05, 0) is 35.4 Å². The third-order valence-corrected chi connectivity index (χ3v) is 3.77. The van der Waals surface area contributed by atoms with E-state index in [1.54, 1.807) is 0 Å². The minimum absolute atomic E-state index is 0.728. The van der Waals surface area contributed by atoms with Gasteiger partial charge in [-0.2, -0.15) is 0 Å². The molecule has 4 heteroatoms. The van der Waals surface area contributed by atoms with Gasteiger partial charge in [-0.1, -0.05) is 35.3 Å². The molecule has 0 radical (unpaired) electrons. The highest BCUT2D eigenvalue weighted by Gasteiger charge is 2.06. The number of nitrogens with one attached hydrogen (secondary N) is 2. The Bertz CT molecular complexity index is 531. The summed E-state index contributed by atoms with van der Waals surface area (Å²) in [5.41, 5.74) is 4.15. The minimum atomic E-state index is 0.728. The minimum Gasteiger partial charge on any atom is -0.388 e. The Morgan fingerprint density at radius 1 is 0.789 bits per heavy atom. The first-order valence-corrected chi connectivity index (χ1v) is 6.82. The fourth-order valence-corrected chi connectivity index (χ4v) is 2.39. The first-order valence-electron chi connectivity index (χ1n) is 6.06. The van der Waals surface area contributed by atoms with Gasteiger partial charge in [0.1, 0.15) is 0 Å². The van der Waals surface area contributed by atoms with E-state index in [1.807, 2.05) is 50.5 Å². The third kappa shape index (κ3) is 3.34. The van der Waals surface area contributed by atoms with E-state index in [9.17, 15) is 0 Å². The lowest BCUT2D eigenvalue weighted by Gasteiger charge is -2.10. The van der Waals surface area contributed by atoms with Crippen LogP contribution in [-0.2, 0) is 6.42 Å². The van der Waals surface area contributed by atoms with Gasteiger partial charge in [0.15, 0.2) is 0 Å². The number of benzene rings is 2. The monoisotopic (exact) mass is 294 g/mol. The Morgan fingerprint density at radius 3 is 1.53 bits per heavy atom. The van der Waals surface area contributed by atoms with Crippen LogP contribution in [0.4, 0.5) is 11.4 Å². The zero-order valence-corrected chi connectivity index (χ0v) is 12.4. The SMILES string of the molecule is CNc1ccc(Cc2ccc(NC)cc2Cl)c(Cl)c1. The molecule has 0 heterocycles. The van der Waals surface area contributed by atoms with Gasteiger partial charge in [-0.3, -0.25) is 0 Å². The van der Waals surface area contributed by atoms with E-state index in [1.165, 1.54) is 0 Å².